The van der Waals surface area contributed by atoms with Crippen molar-refractivity contribution >= 4 is 17.6 Å². The fourth-order valence-corrected chi connectivity index (χ4v) is 2.79. The van der Waals surface area contributed by atoms with Crippen LogP contribution in [0.5, 0.6) is 5.75 Å². The highest BCUT2D eigenvalue weighted by molar-refractivity contribution is 6.31. The van der Waals surface area contributed by atoms with E-state index in [0.29, 0.717) is 11.4 Å². The second-order valence-electron chi connectivity index (χ2n) is 4.69. The summed E-state index contributed by atoms with van der Waals surface area (Å²) in [4.78, 5) is 13.4. The number of halogens is 1. The van der Waals surface area contributed by atoms with Crippen LogP contribution in [-0.2, 0) is 0 Å². The lowest BCUT2D eigenvalue weighted by molar-refractivity contribution is -0.0718. The van der Waals surface area contributed by atoms with Crippen molar-refractivity contribution in [2.75, 3.05) is 7.05 Å². The van der Waals surface area contributed by atoms with Gasteiger partial charge in [0.05, 0.1) is 6.04 Å². The molecule has 17 heavy (non-hydrogen) atoms. The van der Waals surface area contributed by atoms with Crippen molar-refractivity contribution in [1.82, 2.24) is 10.2 Å². The molecule has 1 saturated heterocycles. The Morgan fingerprint density at radius 2 is 2.35 bits per heavy atom. The second-order valence-corrected chi connectivity index (χ2v) is 5.10. The molecule has 0 spiro atoms. The first kappa shape index (κ1) is 10.7. The van der Waals surface area contributed by atoms with Gasteiger partial charge in [0.25, 0.3) is 0 Å². The summed E-state index contributed by atoms with van der Waals surface area (Å²) in [6, 6.07) is 5.36. The Labute approximate surface area is 104 Å². The van der Waals surface area contributed by atoms with Crippen LogP contribution in [0.4, 0.5) is 4.79 Å². The number of carbonyl (C=O) groups is 1. The van der Waals surface area contributed by atoms with Gasteiger partial charge in [0, 0.05) is 24.1 Å². The number of rotatable bonds is 0. The molecule has 2 unspecified atom stereocenters. The fraction of sp³-hybridized carbons (Fsp3) is 0.417. The molecule has 2 amide bonds. The number of benzene rings is 1. The molecule has 1 aromatic carbocycles. The number of ether oxygens (including phenoxy) is 1. The van der Waals surface area contributed by atoms with Crippen LogP contribution in [-0.4, -0.2) is 23.7 Å². The summed E-state index contributed by atoms with van der Waals surface area (Å²) >= 11 is 6.17. The van der Waals surface area contributed by atoms with Gasteiger partial charge in [-0.05, 0) is 19.1 Å². The summed E-state index contributed by atoms with van der Waals surface area (Å²) in [6.45, 7) is 1.92. The normalized spacial score (nSPS) is 30.4. The zero-order valence-corrected chi connectivity index (χ0v) is 10.4. The molecule has 2 atom stereocenters. The maximum absolute atomic E-state index is 11.8. The van der Waals surface area contributed by atoms with Crippen molar-refractivity contribution in [2.24, 2.45) is 0 Å². The zero-order chi connectivity index (χ0) is 12.2. The van der Waals surface area contributed by atoms with E-state index in [-0.39, 0.29) is 12.1 Å². The Morgan fingerprint density at radius 1 is 1.59 bits per heavy atom. The summed E-state index contributed by atoms with van der Waals surface area (Å²) in [7, 11) is 1.74. The molecule has 2 bridgehead atoms. The number of carbonyl (C=O) groups excluding carboxylic acids is 1. The van der Waals surface area contributed by atoms with Crippen molar-refractivity contribution < 1.29 is 9.53 Å². The predicted octanol–water partition coefficient (Wildman–Crippen LogP) is 2.53. The molecule has 0 aliphatic carbocycles. The molecule has 0 aromatic heterocycles. The van der Waals surface area contributed by atoms with Gasteiger partial charge in [-0.1, -0.05) is 17.7 Å². The summed E-state index contributed by atoms with van der Waals surface area (Å²) in [5.74, 6) is 0.753. The Balaban J connectivity index is 2.15. The molecule has 2 heterocycles. The largest absolute Gasteiger partial charge is 0.468 e. The first-order valence-electron chi connectivity index (χ1n) is 5.53. The highest BCUT2D eigenvalue weighted by Crippen LogP contribution is 2.45. The fourth-order valence-electron chi connectivity index (χ4n) is 2.49. The molecule has 2 aliphatic rings. The van der Waals surface area contributed by atoms with E-state index in [1.54, 1.807) is 11.9 Å². The SMILES string of the molecule is CN1C(=O)NC2CC1(C)Oc1cccc(Cl)c12. The molecule has 4 nitrogen and oxygen atoms in total. The quantitative estimate of drug-likeness (QED) is 0.771. The lowest BCUT2D eigenvalue weighted by Crippen LogP contribution is -2.63. The third-order valence-corrected chi connectivity index (χ3v) is 3.92. The van der Waals surface area contributed by atoms with E-state index in [0.717, 1.165) is 11.3 Å². The van der Waals surface area contributed by atoms with E-state index >= 15 is 0 Å². The van der Waals surface area contributed by atoms with Crippen LogP contribution in [0, 0.1) is 0 Å². The van der Waals surface area contributed by atoms with Crippen LogP contribution in [0.3, 0.4) is 0 Å². The van der Waals surface area contributed by atoms with E-state index < -0.39 is 5.72 Å². The molecule has 0 radical (unpaired) electrons. The number of hydrogen-bond donors (Lipinski definition) is 1. The van der Waals surface area contributed by atoms with Gasteiger partial charge in [0.1, 0.15) is 5.75 Å². The van der Waals surface area contributed by atoms with E-state index in [2.05, 4.69) is 5.32 Å². The summed E-state index contributed by atoms with van der Waals surface area (Å²) in [6.07, 6.45) is 0.700. The minimum atomic E-state index is -0.593. The van der Waals surface area contributed by atoms with Crippen molar-refractivity contribution in [3.05, 3.63) is 28.8 Å². The zero-order valence-electron chi connectivity index (χ0n) is 9.66. The highest BCUT2D eigenvalue weighted by Gasteiger charge is 2.47. The lowest BCUT2D eigenvalue weighted by atomic mass is 9.91. The predicted molar refractivity (Wildman–Crippen MR) is 64.1 cm³/mol. The molecule has 3 rings (SSSR count). The minimum absolute atomic E-state index is 0.0684. The number of nitrogens with zero attached hydrogens (tertiary/aromatic N) is 1. The van der Waals surface area contributed by atoms with E-state index in [1.807, 2.05) is 25.1 Å². The van der Waals surface area contributed by atoms with Crippen molar-refractivity contribution in [1.29, 1.82) is 0 Å². The molecule has 1 fully saturated rings. The number of hydrogen-bond acceptors (Lipinski definition) is 2. The van der Waals surface area contributed by atoms with Gasteiger partial charge in [0.15, 0.2) is 5.72 Å². The van der Waals surface area contributed by atoms with Crippen molar-refractivity contribution in [3.8, 4) is 5.75 Å². The van der Waals surface area contributed by atoms with Crippen LogP contribution < -0.4 is 10.1 Å². The monoisotopic (exact) mass is 252 g/mol. The number of urea groups is 1. The smallest absolute Gasteiger partial charge is 0.320 e. The maximum atomic E-state index is 11.8. The van der Waals surface area contributed by atoms with Gasteiger partial charge in [-0.25, -0.2) is 4.79 Å². The van der Waals surface area contributed by atoms with Crippen LogP contribution in [0.1, 0.15) is 24.9 Å². The van der Waals surface area contributed by atoms with Crippen molar-refractivity contribution in [3.63, 3.8) is 0 Å². The molecule has 0 saturated carbocycles. The molecule has 90 valence electrons. The van der Waals surface area contributed by atoms with Gasteiger partial charge in [-0.2, -0.15) is 0 Å². The molecule has 1 N–H and O–H groups in total. The summed E-state index contributed by atoms with van der Waals surface area (Å²) in [5, 5.41) is 3.58. The number of nitrogens with one attached hydrogen (secondary N) is 1. The van der Waals surface area contributed by atoms with Gasteiger partial charge < -0.3 is 10.1 Å². The molecular formula is C12H13ClN2O2. The summed E-state index contributed by atoms with van der Waals surface area (Å²) < 4.78 is 5.93. The average molecular weight is 253 g/mol. The van der Waals surface area contributed by atoms with E-state index in [4.69, 9.17) is 16.3 Å². The third kappa shape index (κ3) is 1.40. The van der Waals surface area contributed by atoms with E-state index in [1.165, 1.54) is 0 Å². The Morgan fingerprint density at radius 3 is 3.12 bits per heavy atom. The highest BCUT2D eigenvalue weighted by atomic mass is 35.5. The van der Waals surface area contributed by atoms with Crippen LogP contribution in [0.15, 0.2) is 18.2 Å². The molecule has 5 heteroatoms. The topological polar surface area (TPSA) is 41.6 Å². The van der Waals surface area contributed by atoms with Gasteiger partial charge in [-0.15, -0.1) is 0 Å². The Hall–Kier alpha value is -1.42. The van der Waals surface area contributed by atoms with Crippen LogP contribution in [0.25, 0.3) is 0 Å². The first-order valence-corrected chi connectivity index (χ1v) is 5.91. The Bertz CT molecular complexity index is 505. The molecular weight excluding hydrogens is 240 g/mol. The Kier molecular flexibility index (Phi) is 2.08. The molecule has 1 aromatic rings. The van der Waals surface area contributed by atoms with Crippen LogP contribution >= 0.6 is 11.6 Å². The van der Waals surface area contributed by atoms with E-state index in [9.17, 15) is 4.79 Å². The van der Waals surface area contributed by atoms with Crippen molar-refractivity contribution in [2.45, 2.75) is 25.1 Å². The number of amides is 2. The van der Waals surface area contributed by atoms with Crippen LogP contribution in [0.2, 0.25) is 5.02 Å². The lowest BCUT2D eigenvalue weighted by Gasteiger charge is -2.49. The standard InChI is InChI=1S/C12H13ClN2O2/c1-12-6-8(14-11(16)15(12)2)10-7(13)4-3-5-9(10)17-12/h3-5,8H,6H2,1-2H3,(H,14,16). The number of fused-ring (bicyclic) bond motifs is 4. The van der Waals surface area contributed by atoms with Gasteiger partial charge in [-0.3, -0.25) is 4.90 Å². The average Bonchev–Trinajstić information content (AvgIpc) is 2.25. The minimum Gasteiger partial charge on any atom is -0.468 e. The molecule has 2 aliphatic heterocycles. The maximum Gasteiger partial charge on any atom is 0.320 e. The first-order chi connectivity index (χ1) is 8.01. The van der Waals surface area contributed by atoms with Gasteiger partial charge in [0.2, 0.25) is 0 Å². The summed E-state index contributed by atoms with van der Waals surface area (Å²) in [5.41, 5.74) is 0.290. The van der Waals surface area contributed by atoms with Gasteiger partial charge >= 0.3 is 6.03 Å². The third-order valence-electron chi connectivity index (χ3n) is 3.59. The second kappa shape index (κ2) is 3.29.